The van der Waals surface area contributed by atoms with Crippen molar-refractivity contribution < 1.29 is 19.2 Å². The van der Waals surface area contributed by atoms with Crippen molar-refractivity contribution in [3.63, 3.8) is 0 Å². The van der Waals surface area contributed by atoms with Gasteiger partial charge in [-0.25, -0.2) is 4.98 Å². The Morgan fingerprint density at radius 3 is 2.52 bits per heavy atom. The van der Waals surface area contributed by atoms with Gasteiger partial charge in [0.15, 0.2) is 11.0 Å². The minimum absolute atomic E-state index is 0.0339. The van der Waals surface area contributed by atoms with Gasteiger partial charge in [0.05, 0.1) is 18.6 Å². The van der Waals surface area contributed by atoms with Crippen molar-refractivity contribution in [1.29, 1.82) is 5.41 Å². The predicted octanol–water partition coefficient (Wildman–Crippen LogP) is 1.98. The molecule has 3 saturated heterocycles. The summed E-state index contributed by atoms with van der Waals surface area (Å²) in [5, 5.41) is 9.81. The van der Waals surface area contributed by atoms with Crippen LogP contribution in [-0.2, 0) is 20.8 Å². The Labute approximate surface area is 250 Å². The van der Waals surface area contributed by atoms with E-state index >= 15 is 0 Å². The monoisotopic (exact) mass is 593 g/mol. The molecular weight excluding hydrogens is 554 g/mol. The third kappa shape index (κ3) is 6.48. The number of likely N-dealkylation sites (tertiary alicyclic amines) is 1. The number of likely N-dealkylation sites (N-methyl/N-ethyl adjacent to an activating group) is 1. The Kier molecular flexibility index (Phi) is 9.20. The highest BCUT2D eigenvalue weighted by atomic mass is 32.1. The van der Waals surface area contributed by atoms with Gasteiger partial charge in [0.1, 0.15) is 6.04 Å². The molecule has 0 bridgehead atoms. The summed E-state index contributed by atoms with van der Waals surface area (Å²) in [6.45, 7) is 1.67. The van der Waals surface area contributed by atoms with E-state index in [-0.39, 0.29) is 48.0 Å². The minimum Gasteiger partial charge on any atom is -0.370 e. The van der Waals surface area contributed by atoms with Crippen LogP contribution in [0.2, 0.25) is 0 Å². The van der Waals surface area contributed by atoms with Crippen LogP contribution in [0.5, 0.6) is 0 Å². The number of hydrogen-bond acceptors (Lipinski definition) is 7. The molecule has 3 amide bonds. The first-order valence-corrected chi connectivity index (χ1v) is 15.5. The predicted molar refractivity (Wildman–Crippen MR) is 159 cm³/mol. The third-order valence-electron chi connectivity index (χ3n) is 8.93. The topological polar surface area (TPSA) is 144 Å². The number of nitrogens with zero attached hydrogens (tertiary/aromatic N) is 5. The van der Waals surface area contributed by atoms with Crippen molar-refractivity contribution in [3.8, 4) is 0 Å². The van der Waals surface area contributed by atoms with Gasteiger partial charge in [-0.05, 0) is 50.0 Å². The van der Waals surface area contributed by atoms with Gasteiger partial charge in [-0.3, -0.25) is 24.6 Å². The number of piperidine rings is 1. The standard InChI is InChI=1S/C30H39N7O4S/c1-34(24(27(40)28-33-13-16-42-28)17-21-11-14-35(15-12-21)30(31)32)29(41)23-9-8-22-18-36(19-26(39)37(22)23)25(38)10-7-20-5-3-2-4-6-20/h2-6,13,16,21-24H,7-12,14-15,17-19H2,1H3,(H3,31,32). The Morgan fingerprint density at radius 1 is 1.12 bits per heavy atom. The van der Waals surface area contributed by atoms with E-state index in [1.165, 1.54) is 16.2 Å². The Bertz CT molecular complexity index is 1300. The quantitative estimate of drug-likeness (QED) is 0.257. The number of rotatable bonds is 9. The fourth-order valence-electron chi connectivity index (χ4n) is 6.53. The highest BCUT2D eigenvalue weighted by molar-refractivity contribution is 7.11. The second kappa shape index (κ2) is 13.0. The Balaban J connectivity index is 1.24. The second-order valence-corrected chi connectivity index (χ2v) is 12.4. The van der Waals surface area contributed by atoms with Crippen LogP contribution >= 0.6 is 11.3 Å². The second-order valence-electron chi connectivity index (χ2n) is 11.5. The number of hydrogen-bond donors (Lipinski definition) is 2. The summed E-state index contributed by atoms with van der Waals surface area (Å²) in [6, 6.07) is 8.24. The average Bonchev–Trinajstić information content (AvgIpc) is 3.69. The summed E-state index contributed by atoms with van der Waals surface area (Å²) < 4.78 is 0. The average molecular weight is 594 g/mol. The van der Waals surface area contributed by atoms with Crippen LogP contribution < -0.4 is 5.73 Å². The third-order valence-corrected chi connectivity index (χ3v) is 9.72. The first-order chi connectivity index (χ1) is 20.2. The normalized spacial score (nSPS) is 21.6. The maximum absolute atomic E-state index is 13.9. The van der Waals surface area contributed by atoms with E-state index in [2.05, 4.69) is 4.98 Å². The number of fused-ring (bicyclic) bond motifs is 1. The molecule has 5 rings (SSSR count). The van der Waals surface area contributed by atoms with Crippen molar-refractivity contribution in [3.05, 3.63) is 52.5 Å². The number of ketones is 1. The van der Waals surface area contributed by atoms with E-state index < -0.39 is 12.1 Å². The summed E-state index contributed by atoms with van der Waals surface area (Å²) in [6.07, 6.45) is 5.70. The van der Waals surface area contributed by atoms with Gasteiger partial charge < -0.3 is 25.3 Å². The number of guanidine groups is 1. The molecule has 1 aromatic heterocycles. The number of thiazole rings is 1. The number of amides is 3. The lowest BCUT2D eigenvalue weighted by Gasteiger charge is -2.41. The van der Waals surface area contributed by atoms with Crippen LogP contribution in [0, 0.1) is 11.3 Å². The van der Waals surface area contributed by atoms with Crippen LogP contribution in [0.25, 0.3) is 0 Å². The van der Waals surface area contributed by atoms with E-state index in [0.717, 1.165) is 18.4 Å². The number of Topliss-reactive ketones (excluding diaryl/α,β-unsaturated/α-hetero) is 1. The molecule has 3 atom stereocenters. The molecule has 4 heterocycles. The molecular formula is C30H39N7O4S. The molecule has 1 aromatic carbocycles. The Hall–Kier alpha value is -3.80. The number of carbonyl (C=O) groups is 4. The number of benzene rings is 1. The molecule has 11 nitrogen and oxygen atoms in total. The highest BCUT2D eigenvalue weighted by Gasteiger charge is 2.47. The fraction of sp³-hybridized carbons (Fsp3) is 0.533. The van der Waals surface area contributed by atoms with Crippen molar-refractivity contribution in [2.24, 2.45) is 11.7 Å². The molecule has 3 fully saturated rings. The molecule has 0 saturated carbocycles. The van der Waals surface area contributed by atoms with Crippen molar-refractivity contribution in [2.45, 2.75) is 63.1 Å². The van der Waals surface area contributed by atoms with Crippen molar-refractivity contribution >= 4 is 40.8 Å². The molecule has 2 aromatic rings. The van der Waals surface area contributed by atoms with E-state index in [4.69, 9.17) is 11.1 Å². The van der Waals surface area contributed by atoms with Crippen LogP contribution in [0.3, 0.4) is 0 Å². The van der Waals surface area contributed by atoms with Gasteiger partial charge in [-0.1, -0.05) is 30.3 Å². The highest BCUT2D eigenvalue weighted by Crippen LogP contribution is 2.32. The number of nitrogens with two attached hydrogens (primary N) is 1. The summed E-state index contributed by atoms with van der Waals surface area (Å²) in [5.41, 5.74) is 6.73. The molecule has 0 aliphatic carbocycles. The van der Waals surface area contributed by atoms with Gasteiger partial charge in [0.2, 0.25) is 23.5 Å². The number of piperazine rings is 1. The maximum Gasteiger partial charge on any atom is 0.245 e. The summed E-state index contributed by atoms with van der Waals surface area (Å²) in [5.74, 6) is -0.468. The lowest BCUT2D eigenvalue weighted by atomic mass is 9.88. The maximum atomic E-state index is 13.9. The van der Waals surface area contributed by atoms with E-state index in [0.29, 0.717) is 56.7 Å². The fourth-order valence-corrected chi connectivity index (χ4v) is 7.16. The molecule has 3 aliphatic heterocycles. The lowest BCUT2D eigenvalue weighted by molar-refractivity contribution is -0.153. The molecule has 3 unspecified atom stereocenters. The van der Waals surface area contributed by atoms with Crippen molar-refractivity contribution in [1.82, 2.24) is 24.6 Å². The lowest BCUT2D eigenvalue weighted by Crippen LogP contribution is -2.60. The van der Waals surface area contributed by atoms with Crippen molar-refractivity contribution in [2.75, 3.05) is 33.2 Å². The number of aromatic nitrogens is 1. The minimum atomic E-state index is -0.701. The largest absolute Gasteiger partial charge is 0.370 e. The zero-order valence-electron chi connectivity index (χ0n) is 24.0. The van der Waals surface area contributed by atoms with E-state index in [1.54, 1.807) is 28.4 Å². The molecule has 3 N–H and O–H groups in total. The molecule has 12 heteroatoms. The molecule has 42 heavy (non-hydrogen) atoms. The number of carbonyl (C=O) groups excluding carboxylic acids is 4. The SMILES string of the molecule is CN(C(=O)C1CCC2CN(C(=O)CCc3ccccc3)CC(=O)N21)C(CC1CCN(C(=N)N)CC1)C(=O)c1nccs1. The van der Waals surface area contributed by atoms with E-state index in [9.17, 15) is 19.2 Å². The van der Waals surface area contributed by atoms with E-state index in [1.807, 2.05) is 35.2 Å². The molecule has 3 aliphatic rings. The molecule has 0 spiro atoms. The molecule has 224 valence electrons. The van der Waals surface area contributed by atoms with Gasteiger partial charge in [0.25, 0.3) is 0 Å². The zero-order valence-corrected chi connectivity index (χ0v) is 24.8. The summed E-state index contributed by atoms with van der Waals surface area (Å²) in [7, 11) is 1.66. The van der Waals surface area contributed by atoms with Crippen LogP contribution in [0.15, 0.2) is 41.9 Å². The van der Waals surface area contributed by atoms with Crippen LogP contribution in [-0.4, -0.2) is 105 Å². The first-order valence-electron chi connectivity index (χ1n) is 14.6. The van der Waals surface area contributed by atoms with Gasteiger partial charge in [-0.2, -0.15) is 0 Å². The van der Waals surface area contributed by atoms with Gasteiger partial charge >= 0.3 is 0 Å². The Morgan fingerprint density at radius 2 is 1.86 bits per heavy atom. The molecule has 0 radical (unpaired) electrons. The number of aryl methyl sites for hydroxylation is 1. The summed E-state index contributed by atoms with van der Waals surface area (Å²) >= 11 is 1.26. The number of nitrogens with one attached hydrogen (secondary N) is 1. The first kappa shape index (κ1) is 29.7. The van der Waals surface area contributed by atoms with Crippen LogP contribution in [0.1, 0.15) is 53.9 Å². The summed E-state index contributed by atoms with van der Waals surface area (Å²) in [4.78, 5) is 64.7. The van der Waals surface area contributed by atoms with Crippen LogP contribution in [0.4, 0.5) is 0 Å². The zero-order chi connectivity index (χ0) is 29.8. The van der Waals surface area contributed by atoms with Gasteiger partial charge in [0, 0.05) is 44.7 Å². The smallest absolute Gasteiger partial charge is 0.245 e. The van der Waals surface area contributed by atoms with Gasteiger partial charge in [-0.15, -0.1) is 11.3 Å².